The minimum absolute atomic E-state index is 0.226. The van der Waals surface area contributed by atoms with Gasteiger partial charge >= 0.3 is 0 Å². The molecule has 1 fully saturated rings. The summed E-state index contributed by atoms with van der Waals surface area (Å²) in [5.41, 5.74) is 4.17. The number of nitrogens with one attached hydrogen (secondary N) is 1. The van der Waals surface area contributed by atoms with Crippen LogP contribution >= 0.6 is 0 Å². The van der Waals surface area contributed by atoms with Gasteiger partial charge in [0, 0.05) is 24.0 Å². The molecule has 0 unspecified atom stereocenters. The van der Waals surface area contributed by atoms with Crippen LogP contribution < -0.4 is 0 Å². The number of aromatic nitrogens is 2. The lowest BCUT2D eigenvalue weighted by Crippen LogP contribution is -2.36. The molecule has 0 radical (unpaired) electrons. The molecule has 0 amide bonds. The lowest BCUT2D eigenvalue weighted by molar-refractivity contribution is 0.0371. The molecule has 4 rings (SSSR count). The molecule has 1 N–H and O–H groups in total. The highest BCUT2D eigenvalue weighted by Crippen LogP contribution is 2.27. The lowest BCUT2D eigenvalue weighted by Gasteiger charge is -2.26. The minimum Gasteiger partial charge on any atom is -0.379 e. The Balaban J connectivity index is 1.35. The first-order valence-electron chi connectivity index (χ1n) is 9.83. The highest BCUT2D eigenvalue weighted by atomic mass is 19.1. The predicted molar refractivity (Wildman–Crippen MR) is 106 cm³/mol. The highest BCUT2D eigenvalue weighted by Gasteiger charge is 2.10. The second kappa shape index (κ2) is 8.63. The van der Waals surface area contributed by atoms with E-state index in [9.17, 15) is 4.39 Å². The number of benzene rings is 2. The summed E-state index contributed by atoms with van der Waals surface area (Å²) >= 11 is 0. The van der Waals surface area contributed by atoms with Gasteiger partial charge in [-0.1, -0.05) is 12.5 Å². The zero-order valence-electron chi connectivity index (χ0n) is 15.6. The normalized spacial score (nSPS) is 15.4. The van der Waals surface area contributed by atoms with Crippen molar-refractivity contribution in [3.63, 3.8) is 0 Å². The Morgan fingerprint density at radius 2 is 1.81 bits per heavy atom. The van der Waals surface area contributed by atoms with Crippen molar-refractivity contribution in [2.75, 3.05) is 32.8 Å². The molecule has 142 valence electrons. The molecule has 1 aromatic heterocycles. The molecular weight excluding hydrogens is 341 g/mol. The molecule has 5 heteroatoms. The van der Waals surface area contributed by atoms with Crippen molar-refractivity contribution < 1.29 is 9.13 Å². The SMILES string of the molecule is Fc1ccc(-c2n[nH]c3ccc(CCCCCN4CCOCC4)cc23)cc1. The van der Waals surface area contributed by atoms with E-state index < -0.39 is 0 Å². The summed E-state index contributed by atoms with van der Waals surface area (Å²) < 4.78 is 18.6. The summed E-state index contributed by atoms with van der Waals surface area (Å²) in [7, 11) is 0. The molecule has 0 atom stereocenters. The first kappa shape index (κ1) is 18.1. The number of aromatic amines is 1. The van der Waals surface area contributed by atoms with Gasteiger partial charge in [0.25, 0.3) is 0 Å². The van der Waals surface area contributed by atoms with E-state index in [-0.39, 0.29) is 5.82 Å². The van der Waals surface area contributed by atoms with E-state index in [1.165, 1.54) is 43.5 Å². The maximum absolute atomic E-state index is 13.2. The molecule has 27 heavy (non-hydrogen) atoms. The molecule has 0 saturated carbocycles. The molecule has 1 aliphatic heterocycles. The molecule has 0 bridgehead atoms. The van der Waals surface area contributed by atoms with E-state index in [4.69, 9.17) is 4.74 Å². The number of nitrogens with zero attached hydrogens (tertiary/aromatic N) is 2. The van der Waals surface area contributed by atoms with Crippen LogP contribution in [0.1, 0.15) is 24.8 Å². The summed E-state index contributed by atoms with van der Waals surface area (Å²) in [6.45, 7) is 5.08. The third kappa shape index (κ3) is 4.54. The van der Waals surface area contributed by atoms with E-state index in [0.29, 0.717) is 0 Å². The van der Waals surface area contributed by atoms with Crippen molar-refractivity contribution in [1.82, 2.24) is 15.1 Å². The van der Waals surface area contributed by atoms with Crippen LogP contribution in [0.25, 0.3) is 22.2 Å². The Kier molecular flexibility index (Phi) is 5.80. The van der Waals surface area contributed by atoms with Gasteiger partial charge in [0.2, 0.25) is 0 Å². The largest absolute Gasteiger partial charge is 0.379 e. The van der Waals surface area contributed by atoms with Crippen molar-refractivity contribution >= 4 is 10.9 Å². The summed E-state index contributed by atoms with van der Waals surface area (Å²) in [4.78, 5) is 2.50. The van der Waals surface area contributed by atoms with Crippen LogP contribution in [0.15, 0.2) is 42.5 Å². The Labute approximate surface area is 159 Å². The molecular formula is C22H26FN3O. The van der Waals surface area contributed by atoms with Gasteiger partial charge < -0.3 is 4.74 Å². The molecule has 2 aromatic carbocycles. The van der Waals surface area contributed by atoms with Crippen molar-refractivity contribution in [2.24, 2.45) is 0 Å². The summed E-state index contributed by atoms with van der Waals surface area (Å²) in [6, 6.07) is 13.0. The summed E-state index contributed by atoms with van der Waals surface area (Å²) in [6.07, 6.45) is 4.76. The zero-order valence-corrected chi connectivity index (χ0v) is 15.6. The van der Waals surface area contributed by atoms with E-state index in [1.807, 2.05) is 0 Å². The fraction of sp³-hybridized carbons (Fsp3) is 0.409. The number of unbranched alkanes of at least 4 members (excludes halogenated alkanes) is 2. The predicted octanol–water partition coefficient (Wildman–Crippen LogP) is 4.41. The Morgan fingerprint density at radius 1 is 1.00 bits per heavy atom. The second-order valence-electron chi connectivity index (χ2n) is 7.22. The number of hydrogen-bond donors (Lipinski definition) is 1. The number of ether oxygens (including phenoxy) is 1. The van der Waals surface area contributed by atoms with Gasteiger partial charge in [-0.2, -0.15) is 5.10 Å². The molecule has 2 heterocycles. The fourth-order valence-electron chi connectivity index (χ4n) is 3.71. The van der Waals surface area contributed by atoms with Gasteiger partial charge in [0.05, 0.1) is 24.4 Å². The zero-order chi connectivity index (χ0) is 18.5. The van der Waals surface area contributed by atoms with Crippen LogP contribution in [0.3, 0.4) is 0 Å². The first-order chi connectivity index (χ1) is 13.3. The van der Waals surface area contributed by atoms with Gasteiger partial charge in [-0.05, 0) is 67.8 Å². The van der Waals surface area contributed by atoms with Gasteiger partial charge in [-0.3, -0.25) is 10.00 Å². The number of halogens is 1. The Hall–Kier alpha value is -2.24. The van der Waals surface area contributed by atoms with E-state index in [0.717, 1.165) is 54.9 Å². The fourth-order valence-corrected chi connectivity index (χ4v) is 3.71. The summed E-state index contributed by atoms with van der Waals surface area (Å²) in [5.74, 6) is -0.226. The smallest absolute Gasteiger partial charge is 0.123 e. The molecule has 1 saturated heterocycles. The maximum Gasteiger partial charge on any atom is 0.123 e. The Morgan fingerprint density at radius 3 is 2.63 bits per heavy atom. The van der Waals surface area contributed by atoms with Crippen LogP contribution in [-0.4, -0.2) is 47.9 Å². The van der Waals surface area contributed by atoms with Gasteiger partial charge in [-0.25, -0.2) is 4.39 Å². The third-order valence-electron chi connectivity index (χ3n) is 5.29. The van der Waals surface area contributed by atoms with E-state index in [1.54, 1.807) is 12.1 Å². The second-order valence-corrected chi connectivity index (χ2v) is 7.22. The highest BCUT2D eigenvalue weighted by molar-refractivity contribution is 5.93. The monoisotopic (exact) mass is 367 g/mol. The third-order valence-corrected chi connectivity index (χ3v) is 5.29. The molecule has 1 aliphatic rings. The van der Waals surface area contributed by atoms with Crippen molar-refractivity contribution in [2.45, 2.75) is 25.7 Å². The minimum atomic E-state index is -0.226. The maximum atomic E-state index is 13.2. The van der Waals surface area contributed by atoms with Crippen LogP contribution in [-0.2, 0) is 11.2 Å². The van der Waals surface area contributed by atoms with E-state index in [2.05, 4.69) is 33.3 Å². The average molecular weight is 367 g/mol. The number of morpholine rings is 1. The number of H-pyrrole nitrogens is 1. The van der Waals surface area contributed by atoms with Gasteiger partial charge in [0.1, 0.15) is 5.82 Å². The van der Waals surface area contributed by atoms with Crippen LogP contribution in [0.4, 0.5) is 4.39 Å². The first-order valence-corrected chi connectivity index (χ1v) is 9.83. The number of rotatable bonds is 7. The van der Waals surface area contributed by atoms with Gasteiger partial charge in [0.15, 0.2) is 0 Å². The summed E-state index contributed by atoms with van der Waals surface area (Å²) in [5, 5.41) is 8.62. The molecule has 3 aromatic rings. The standard InChI is InChI=1S/C22H26FN3O/c23-19-8-6-18(7-9-19)22-20-16-17(5-10-21(20)24-25-22)4-2-1-3-11-26-12-14-27-15-13-26/h5-10,16H,1-4,11-15H2,(H,24,25). The topological polar surface area (TPSA) is 41.2 Å². The lowest BCUT2D eigenvalue weighted by atomic mass is 10.0. The molecule has 0 aliphatic carbocycles. The molecule has 4 nitrogen and oxygen atoms in total. The molecule has 0 spiro atoms. The van der Waals surface area contributed by atoms with Crippen LogP contribution in [0.5, 0.6) is 0 Å². The van der Waals surface area contributed by atoms with Gasteiger partial charge in [-0.15, -0.1) is 0 Å². The van der Waals surface area contributed by atoms with Crippen molar-refractivity contribution in [3.05, 3.63) is 53.8 Å². The number of aryl methyl sites for hydroxylation is 1. The van der Waals surface area contributed by atoms with Crippen molar-refractivity contribution in [3.8, 4) is 11.3 Å². The number of hydrogen-bond acceptors (Lipinski definition) is 3. The van der Waals surface area contributed by atoms with Crippen LogP contribution in [0, 0.1) is 5.82 Å². The van der Waals surface area contributed by atoms with E-state index >= 15 is 0 Å². The average Bonchev–Trinajstić information content (AvgIpc) is 3.12. The number of fused-ring (bicyclic) bond motifs is 1. The van der Waals surface area contributed by atoms with Crippen LogP contribution in [0.2, 0.25) is 0 Å². The Bertz CT molecular complexity index is 869. The van der Waals surface area contributed by atoms with Crippen molar-refractivity contribution in [1.29, 1.82) is 0 Å². The quantitative estimate of drug-likeness (QED) is 0.629.